The van der Waals surface area contributed by atoms with Crippen LogP contribution in [0, 0.1) is 0 Å². The predicted molar refractivity (Wildman–Crippen MR) is 80.6 cm³/mol. The Balaban J connectivity index is 2.79. The van der Waals surface area contributed by atoms with E-state index in [0.717, 1.165) is 30.9 Å². The van der Waals surface area contributed by atoms with Gasteiger partial charge in [-0.2, -0.15) is 0 Å². The number of hydrogen-bond donors (Lipinski definition) is 0. The summed E-state index contributed by atoms with van der Waals surface area (Å²) in [4.78, 5) is 0. The summed E-state index contributed by atoms with van der Waals surface area (Å²) in [6, 6.07) is 10.1. The van der Waals surface area contributed by atoms with Crippen molar-refractivity contribution >= 4 is 14.0 Å². The Morgan fingerprint density at radius 2 is 1.42 bits per heavy atom. The average molecular weight is 282 g/mol. The SMILES string of the molecule is CCCCO[Si](OC)(OCCCC)c1ccccc1. The highest BCUT2D eigenvalue weighted by Gasteiger charge is 2.42. The molecule has 4 heteroatoms. The lowest BCUT2D eigenvalue weighted by Gasteiger charge is -2.28. The number of hydrogen-bond acceptors (Lipinski definition) is 3. The molecule has 0 aliphatic heterocycles. The largest absolute Gasteiger partial charge is 0.536 e. The molecule has 0 fully saturated rings. The maximum Gasteiger partial charge on any atom is 0.536 e. The first-order chi connectivity index (χ1) is 9.29. The normalized spacial score (nSPS) is 11.7. The van der Waals surface area contributed by atoms with Crippen LogP contribution in [0.5, 0.6) is 0 Å². The first-order valence-electron chi connectivity index (χ1n) is 7.17. The van der Waals surface area contributed by atoms with Gasteiger partial charge in [0.25, 0.3) is 0 Å². The van der Waals surface area contributed by atoms with Crippen LogP contribution in [0.2, 0.25) is 0 Å². The highest BCUT2D eigenvalue weighted by Crippen LogP contribution is 2.11. The Morgan fingerprint density at radius 3 is 1.84 bits per heavy atom. The zero-order valence-corrected chi connectivity index (χ0v) is 13.4. The molecule has 0 saturated heterocycles. The molecule has 0 spiro atoms. The zero-order chi connectivity index (χ0) is 14.0. The molecule has 0 unspecified atom stereocenters. The molecule has 1 aromatic rings. The van der Waals surface area contributed by atoms with Gasteiger partial charge in [0.15, 0.2) is 0 Å². The molecular formula is C15H26O3Si. The summed E-state index contributed by atoms with van der Waals surface area (Å²) in [6.45, 7) is 5.69. The van der Waals surface area contributed by atoms with Gasteiger partial charge in [-0.15, -0.1) is 0 Å². The summed E-state index contributed by atoms with van der Waals surface area (Å²) in [5.74, 6) is 0. The maximum absolute atomic E-state index is 6.05. The van der Waals surface area contributed by atoms with Gasteiger partial charge in [0.2, 0.25) is 0 Å². The second-order valence-corrected chi connectivity index (χ2v) is 7.21. The maximum atomic E-state index is 6.05. The molecule has 0 radical (unpaired) electrons. The van der Waals surface area contributed by atoms with Gasteiger partial charge in [-0.05, 0) is 12.8 Å². The Morgan fingerprint density at radius 1 is 0.895 bits per heavy atom. The van der Waals surface area contributed by atoms with E-state index in [1.165, 1.54) is 0 Å². The van der Waals surface area contributed by atoms with Crippen molar-refractivity contribution < 1.29 is 13.3 Å². The second-order valence-electron chi connectivity index (χ2n) is 4.53. The fourth-order valence-electron chi connectivity index (χ4n) is 1.79. The molecular weight excluding hydrogens is 256 g/mol. The molecule has 0 bridgehead atoms. The lowest BCUT2D eigenvalue weighted by atomic mass is 10.4. The van der Waals surface area contributed by atoms with Gasteiger partial charge >= 0.3 is 8.80 Å². The monoisotopic (exact) mass is 282 g/mol. The number of benzene rings is 1. The molecule has 108 valence electrons. The molecule has 1 aromatic carbocycles. The first-order valence-corrected chi connectivity index (χ1v) is 8.90. The molecule has 0 heterocycles. The first kappa shape index (κ1) is 16.4. The van der Waals surface area contributed by atoms with E-state index < -0.39 is 8.80 Å². The van der Waals surface area contributed by atoms with Crippen molar-refractivity contribution in [3.63, 3.8) is 0 Å². The Kier molecular flexibility index (Phi) is 7.98. The van der Waals surface area contributed by atoms with Gasteiger partial charge in [0, 0.05) is 25.5 Å². The standard InChI is InChI=1S/C15H26O3Si/c1-4-6-13-17-19(16-3,18-14-7-5-2)15-11-9-8-10-12-15/h8-12H,4-7,13-14H2,1-3H3. The smallest absolute Gasteiger partial charge is 0.373 e. The van der Waals surface area contributed by atoms with Crippen molar-refractivity contribution in [2.45, 2.75) is 39.5 Å². The van der Waals surface area contributed by atoms with Crippen molar-refractivity contribution in [1.29, 1.82) is 0 Å². The van der Waals surface area contributed by atoms with Crippen LogP contribution in [-0.2, 0) is 13.3 Å². The van der Waals surface area contributed by atoms with Crippen LogP contribution in [0.15, 0.2) is 30.3 Å². The third-order valence-electron chi connectivity index (χ3n) is 2.98. The third kappa shape index (κ3) is 5.07. The van der Waals surface area contributed by atoms with Gasteiger partial charge in [-0.3, -0.25) is 0 Å². The minimum Gasteiger partial charge on any atom is -0.373 e. The fraction of sp³-hybridized carbons (Fsp3) is 0.600. The van der Waals surface area contributed by atoms with Crippen LogP contribution in [0.25, 0.3) is 0 Å². The van der Waals surface area contributed by atoms with Gasteiger partial charge in [0.1, 0.15) is 0 Å². The average Bonchev–Trinajstić information content (AvgIpc) is 2.47. The van der Waals surface area contributed by atoms with E-state index >= 15 is 0 Å². The minimum atomic E-state index is -2.72. The highest BCUT2D eigenvalue weighted by atomic mass is 28.4. The van der Waals surface area contributed by atoms with E-state index in [9.17, 15) is 0 Å². The molecule has 0 saturated carbocycles. The second kappa shape index (κ2) is 9.26. The van der Waals surface area contributed by atoms with Crippen molar-refractivity contribution in [2.75, 3.05) is 20.3 Å². The van der Waals surface area contributed by atoms with Crippen LogP contribution in [-0.4, -0.2) is 29.1 Å². The molecule has 0 amide bonds. The number of rotatable bonds is 10. The van der Waals surface area contributed by atoms with E-state index in [1.807, 2.05) is 30.3 Å². The molecule has 0 N–H and O–H groups in total. The molecule has 0 aliphatic rings. The topological polar surface area (TPSA) is 27.7 Å². The van der Waals surface area contributed by atoms with Crippen molar-refractivity contribution in [2.24, 2.45) is 0 Å². The van der Waals surface area contributed by atoms with Crippen molar-refractivity contribution in [1.82, 2.24) is 0 Å². The highest BCUT2D eigenvalue weighted by molar-refractivity contribution is 6.75. The van der Waals surface area contributed by atoms with Crippen LogP contribution in [0.3, 0.4) is 0 Å². The van der Waals surface area contributed by atoms with E-state index in [2.05, 4.69) is 13.8 Å². The molecule has 0 aromatic heterocycles. The summed E-state index contributed by atoms with van der Waals surface area (Å²) in [7, 11) is -1.03. The van der Waals surface area contributed by atoms with E-state index in [-0.39, 0.29) is 0 Å². The lowest BCUT2D eigenvalue weighted by molar-refractivity contribution is 0.0894. The van der Waals surface area contributed by atoms with Crippen LogP contribution >= 0.6 is 0 Å². The van der Waals surface area contributed by atoms with E-state index in [0.29, 0.717) is 13.2 Å². The van der Waals surface area contributed by atoms with E-state index in [4.69, 9.17) is 13.3 Å². The van der Waals surface area contributed by atoms with Gasteiger partial charge < -0.3 is 13.3 Å². The summed E-state index contributed by atoms with van der Waals surface area (Å²) in [5, 5.41) is 1.05. The molecule has 19 heavy (non-hydrogen) atoms. The Bertz CT molecular complexity index is 319. The molecule has 3 nitrogen and oxygen atoms in total. The minimum absolute atomic E-state index is 0.692. The quantitative estimate of drug-likeness (QED) is 0.487. The van der Waals surface area contributed by atoms with E-state index in [1.54, 1.807) is 7.11 Å². The van der Waals surface area contributed by atoms with Crippen LogP contribution in [0.1, 0.15) is 39.5 Å². The van der Waals surface area contributed by atoms with Gasteiger partial charge in [-0.25, -0.2) is 0 Å². The summed E-state index contributed by atoms with van der Waals surface area (Å²) in [5.41, 5.74) is 0. The third-order valence-corrected chi connectivity index (χ3v) is 5.72. The molecule has 0 aliphatic carbocycles. The van der Waals surface area contributed by atoms with Gasteiger partial charge in [0.05, 0.1) is 0 Å². The molecule has 0 atom stereocenters. The van der Waals surface area contributed by atoms with Crippen molar-refractivity contribution in [3.05, 3.63) is 30.3 Å². The van der Waals surface area contributed by atoms with Crippen molar-refractivity contribution in [3.8, 4) is 0 Å². The van der Waals surface area contributed by atoms with Gasteiger partial charge in [-0.1, -0.05) is 57.0 Å². The Labute approximate surface area is 118 Å². The number of unbranched alkanes of at least 4 members (excludes halogenated alkanes) is 2. The molecule has 1 rings (SSSR count). The predicted octanol–water partition coefficient (Wildman–Crippen LogP) is 3.11. The fourth-order valence-corrected chi connectivity index (χ4v) is 4.10. The van der Waals surface area contributed by atoms with Crippen LogP contribution in [0.4, 0.5) is 0 Å². The van der Waals surface area contributed by atoms with Crippen LogP contribution < -0.4 is 5.19 Å². The summed E-state index contributed by atoms with van der Waals surface area (Å²) in [6.07, 6.45) is 4.28. The summed E-state index contributed by atoms with van der Waals surface area (Å²) >= 11 is 0. The lowest BCUT2D eigenvalue weighted by Crippen LogP contribution is -2.56. The zero-order valence-electron chi connectivity index (χ0n) is 12.4. The summed E-state index contributed by atoms with van der Waals surface area (Å²) < 4.78 is 17.8. The Hall–Kier alpha value is -0.683.